The third-order valence-corrected chi connectivity index (χ3v) is 3.75. The maximum atomic E-state index is 11.2. The van der Waals surface area contributed by atoms with Crippen LogP contribution >= 0.6 is 23.2 Å². The summed E-state index contributed by atoms with van der Waals surface area (Å²) >= 11 is 11.9. The first-order chi connectivity index (χ1) is 10.1. The quantitative estimate of drug-likeness (QED) is 0.695. The minimum Gasteiger partial charge on any atom is -0.298 e. The minimum absolute atomic E-state index is 0.431. The number of rotatable bonds is 3. The number of hydrogen-bond acceptors (Lipinski definition) is 3. The number of aldehydes is 1. The van der Waals surface area contributed by atoms with Crippen molar-refractivity contribution in [2.24, 2.45) is 7.05 Å². The second-order valence-corrected chi connectivity index (χ2v) is 5.31. The highest BCUT2D eigenvalue weighted by Gasteiger charge is 2.13. The van der Waals surface area contributed by atoms with Gasteiger partial charge in [0.15, 0.2) is 6.29 Å². The highest BCUT2D eigenvalue weighted by molar-refractivity contribution is 6.42. The molecule has 0 aliphatic heterocycles. The topological polar surface area (TPSA) is 52.7 Å². The Morgan fingerprint density at radius 1 is 1.19 bits per heavy atom. The average molecular weight is 321 g/mol. The first kappa shape index (κ1) is 13.9. The van der Waals surface area contributed by atoms with Crippen LogP contribution in [0.25, 0.3) is 16.9 Å². The van der Waals surface area contributed by atoms with Crippen molar-refractivity contribution in [3.63, 3.8) is 0 Å². The lowest BCUT2D eigenvalue weighted by atomic mass is 10.2. The van der Waals surface area contributed by atoms with Crippen molar-refractivity contribution < 1.29 is 4.79 Å². The van der Waals surface area contributed by atoms with Crippen LogP contribution in [0.3, 0.4) is 0 Å². The number of hydrogen-bond donors (Lipinski definition) is 0. The number of carbonyl (C=O) groups is 1. The fraction of sp³-hybridized carbons (Fsp3) is 0.0714. The molecule has 0 atom stereocenters. The summed E-state index contributed by atoms with van der Waals surface area (Å²) in [7, 11) is 1.81. The summed E-state index contributed by atoms with van der Waals surface area (Å²) in [5.74, 6) is 0. The maximum absolute atomic E-state index is 11.2. The number of nitrogens with zero attached hydrogens (tertiary/aromatic N) is 4. The SMILES string of the molecule is Cn1cc(-c2nn(-c3ccc(Cl)c(Cl)c3)cc2C=O)cn1. The third kappa shape index (κ3) is 2.57. The van der Waals surface area contributed by atoms with Gasteiger partial charge in [0.1, 0.15) is 5.69 Å². The van der Waals surface area contributed by atoms with E-state index in [1.165, 1.54) is 0 Å². The van der Waals surface area contributed by atoms with Gasteiger partial charge in [-0.05, 0) is 18.2 Å². The van der Waals surface area contributed by atoms with Gasteiger partial charge in [0.2, 0.25) is 0 Å². The lowest BCUT2D eigenvalue weighted by Gasteiger charge is -2.02. The number of carbonyl (C=O) groups excluding carboxylic acids is 1. The van der Waals surface area contributed by atoms with Crippen molar-refractivity contribution in [1.29, 1.82) is 0 Å². The highest BCUT2D eigenvalue weighted by Crippen LogP contribution is 2.26. The first-order valence-corrected chi connectivity index (χ1v) is 6.83. The second kappa shape index (κ2) is 5.35. The van der Waals surface area contributed by atoms with Gasteiger partial charge in [-0.25, -0.2) is 4.68 Å². The van der Waals surface area contributed by atoms with Crippen LogP contribution in [0.2, 0.25) is 10.0 Å². The molecule has 2 heterocycles. The lowest BCUT2D eigenvalue weighted by molar-refractivity contribution is 0.112. The minimum atomic E-state index is 0.431. The van der Waals surface area contributed by atoms with E-state index in [9.17, 15) is 4.79 Å². The van der Waals surface area contributed by atoms with E-state index in [2.05, 4.69) is 10.2 Å². The van der Waals surface area contributed by atoms with Gasteiger partial charge in [-0.1, -0.05) is 23.2 Å². The van der Waals surface area contributed by atoms with Crippen LogP contribution in [-0.2, 0) is 7.05 Å². The van der Waals surface area contributed by atoms with Crippen molar-refractivity contribution in [2.75, 3.05) is 0 Å². The fourth-order valence-electron chi connectivity index (χ4n) is 2.00. The number of aromatic nitrogens is 4. The molecule has 0 saturated carbocycles. The summed E-state index contributed by atoms with van der Waals surface area (Å²) < 4.78 is 3.25. The summed E-state index contributed by atoms with van der Waals surface area (Å²) in [6.45, 7) is 0. The molecule has 7 heteroatoms. The molecule has 3 rings (SSSR count). The van der Waals surface area contributed by atoms with Gasteiger partial charge >= 0.3 is 0 Å². The molecule has 106 valence electrons. The molecule has 0 spiro atoms. The molecule has 0 aliphatic rings. The summed E-state index contributed by atoms with van der Waals surface area (Å²) in [6, 6.07) is 5.16. The van der Waals surface area contributed by atoms with Gasteiger partial charge in [-0.3, -0.25) is 9.48 Å². The van der Waals surface area contributed by atoms with Gasteiger partial charge < -0.3 is 0 Å². The third-order valence-electron chi connectivity index (χ3n) is 3.02. The molecule has 0 amide bonds. The van der Waals surface area contributed by atoms with Crippen molar-refractivity contribution in [1.82, 2.24) is 19.6 Å². The van der Waals surface area contributed by atoms with Gasteiger partial charge in [0, 0.05) is 25.0 Å². The average Bonchev–Trinajstić information content (AvgIpc) is 3.07. The van der Waals surface area contributed by atoms with Crippen LogP contribution < -0.4 is 0 Å². The zero-order valence-corrected chi connectivity index (χ0v) is 12.5. The zero-order chi connectivity index (χ0) is 15.0. The van der Waals surface area contributed by atoms with Crippen LogP contribution in [0.1, 0.15) is 10.4 Å². The van der Waals surface area contributed by atoms with E-state index in [0.717, 1.165) is 17.5 Å². The Bertz CT molecular complexity index is 822. The van der Waals surface area contributed by atoms with Crippen molar-refractivity contribution >= 4 is 29.5 Å². The van der Waals surface area contributed by atoms with E-state index in [-0.39, 0.29) is 0 Å². The normalized spacial score (nSPS) is 10.8. The van der Waals surface area contributed by atoms with Gasteiger partial charge in [0.25, 0.3) is 0 Å². The van der Waals surface area contributed by atoms with Gasteiger partial charge in [-0.15, -0.1) is 0 Å². The molecule has 0 saturated heterocycles. The molecule has 5 nitrogen and oxygen atoms in total. The van der Waals surface area contributed by atoms with E-state index in [1.54, 1.807) is 53.2 Å². The summed E-state index contributed by atoms with van der Waals surface area (Å²) in [5.41, 5.74) is 2.55. The second-order valence-electron chi connectivity index (χ2n) is 4.50. The van der Waals surface area contributed by atoms with E-state index < -0.39 is 0 Å². The Hall–Kier alpha value is -2.11. The Balaban J connectivity index is 2.10. The largest absolute Gasteiger partial charge is 0.298 e. The highest BCUT2D eigenvalue weighted by atomic mass is 35.5. The molecule has 0 bridgehead atoms. The number of benzene rings is 1. The maximum Gasteiger partial charge on any atom is 0.153 e. The molecule has 3 aromatic rings. The van der Waals surface area contributed by atoms with Crippen LogP contribution in [-0.4, -0.2) is 25.8 Å². The summed E-state index contributed by atoms with van der Waals surface area (Å²) in [6.07, 6.45) is 5.88. The Kier molecular flexibility index (Phi) is 3.53. The van der Waals surface area contributed by atoms with E-state index >= 15 is 0 Å². The summed E-state index contributed by atoms with van der Waals surface area (Å²) in [5, 5.41) is 9.42. The van der Waals surface area contributed by atoms with E-state index in [0.29, 0.717) is 21.3 Å². The molecule has 2 aromatic heterocycles. The standard InChI is InChI=1S/C14H10Cl2N4O/c1-19-6-9(5-17-19)14-10(8-21)7-20(18-14)11-2-3-12(15)13(16)4-11/h2-8H,1H3. The number of halogens is 2. The predicted molar refractivity (Wildman–Crippen MR) is 81.2 cm³/mol. The zero-order valence-electron chi connectivity index (χ0n) is 11.0. The van der Waals surface area contributed by atoms with Crippen LogP contribution in [0.4, 0.5) is 0 Å². The number of aryl methyl sites for hydroxylation is 1. The molecule has 0 aliphatic carbocycles. The van der Waals surface area contributed by atoms with Crippen LogP contribution in [0.5, 0.6) is 0 Å². The Morgan fingerprint density at radius 2 is 2.00 bits per heavy atom. The molecule has 0 unspecified atom stereocenters. The van der Waals surface area contributed by atoms with Crippen molar-refractivity contribution in [2.45, 2.75) is 0 Å². The van der Waals surface area contributed by atoms with Crippen molar-refractivity contribution in [3.05, 3.63) is 52.4 Å². The van der Waals surface area contributed by atoms with Crippen molar-refractivity contribution in [3.8, 4) is 16.9 Å². The molecule has 0 N–H and O–H groups in total. The molecule has 21 heavy (non-hydrogen) atoms. The molecule has 1 aromatic carbocycles. The monoisotopic (exact) mass is 320 g/mol. The Labute approximate surface area is 130 Å². The van der Waals surface area contributed by atoms with Crippen LogP contribution in [0.15, 0.2) is 36.8 Å². The fourth-order valence-corrected chi connectivity index (χ4v) is 2.29. The Morgan fingerprint density at radius 3 is 2.62 bits per heavy atom. The van der Waals surface area contributed by atoms with Crippen LogP contribution in [0, 0.1) is 0 Å². The molecule has 0 radical (unpaired) electrons. The molecular formula is C14H10Cl2N4O. The van der Waals surface area contributed by atoms with E-state index in [4.69, 9.17) is 23.2 Å². The molecule has 0 fully saturated rings. The predicted octanol–water partition coefficient (Wildman–Crippen LogP) is 3.39. The summed E-state index contributed by atoms with van der Waals surface area (Å²) in [4.78, 5) is 11.2. The van der Waals surface area contributed by atoms with Gasteiger partial charge in [0.05, 0.1) is 27.5 Å². The lowest BCUT2D eigenvalue weighted by Crippen LogP contribution is -1.94. The smallest absolute Gasteiger partial charge is 0.153 e. The van der Waals surface area contributed by atoms with Gasteiger partial charge in [-0.2, -0.15) is 10.2 Å². The van der Waals surface area contributed by atoms with E-state index in [1.807, 2.05) is 0 Å². The first-order valence-electron chi connectivity index (χ1n) is 6.08. The molecular weight excluding hydrogens is 311 g/mol.